The number of halogens is 3. The van der Waals surface area contributed by atoms with Crippen LogP contribution in [0.4, 0.5) is 24.8 Å². The van der Waals surface area contributed by atoms with Crippen LogP contribution in [0, 0.1) is 0 Å². The molecule has 1 heterocycles. The highest BCUT2D eigenvalue weighted by atomic mass is 19.4. The van der Waals surface area contributed by atoms with Gasteiger partial charge in [-0.05, 0) is 30.7 Å². The zero-order valence-electron chi connectivity index (χ0n) is 13.4. The largest absolute Gasteiger partial charge is 0.416 e. The first-order valence-electron chi connectivity index (χ1n) is 7.43. The van der Waals surface area contributed by atoms with Crippen LogP contribution >= 0.6 is 0 Å². The molecule has 2 aromatic rings. The van der Waals surface area contributed by atoms with Gasteiger partial charge in [0.05, 0.1) is 11.1 Å². The van der Waals surface area contributed by atoms with E-state index >= 15 is 0 Å². The summed E-state index contributed by atoms with van der Waals surface area (Å²) in [6.45, 7) is 1.24. The molecule has 0 atom stereocenters. The molecular weight excluding hydrogens is 337 g/mol. The van der Waals surface area contributed by atoms with E-state index in [0.29, 0.717) is 19.1 Å². The third-order valence-electron chi connectivity index (χ3n) is 3.19. The Morgan fingerprint density at radius 2 is 1.80 bits per heavy atom. The van der Waals surface area contributed by atoms with Gasteiger partial charge in [0.25, 0.3) is 5.91 Å². The van der Waals surface area contributed by atoms with Crippen molar-refractivity contribution in [2.45, 2.75) is 12.6 Å². The first-order valence-corrected chi connectivity index (χ1v) is 7.43. The number of nitrogens with zero attached hydrogens (tertiary/aromatic N) is 2. The molecule has 6 nitrogen and oxygen atoms in total. The Hall–Kier alpha value is -2.68. The van der Waals surface area contributed by atoms with Gasteiger partial charge in [-0.3, -0.25) is 4.79 Å². The van der Waals surface area contributed by atoms with Gasteiger partial charge in [-0.25, -0.2) is 9.97 Å². The predicted molar refractivity (Wildman–Crippen MR) is 86.4 cm³/mol. The summed E-state index contributed by atoms with van der Waals surface area (Å²) in [4.78, 5) is 20.1. The van der Waals surface area contributed by atoms with Crippen LogP contribution < -0.4 is 10.6 Å². The fraction of sp³-hybridized carbons (Fsp3) is 0.312. The summed E-state index contributed by atoms with van der Waals surface area (Å²) in [5, 5.41) is 5.47. The molecule has 1 amide bonds. The molecule has 0 fully saturated rings. The molecule has 0 unspecified atom stereocenters. The number of amides is 1. The molecule has 9 heteroatoms. The van der Waals surface area contributed by atoms with Crippen LogP contribution in [0.2, 0.25) is 0 Å². The number of hydrogen-bond acceptors (Lipinski definition) is 5. The van der Waals surface area contributed by atoms with Gasteiger partial charge >= 0.3 is 6.18 Å². The lowest BCUT2D eigenvalue weighted by atomic mass is 10.2. The summed E-state index contributed by atoms with van der Waals surface area (Å²) in [6, 6.07) is 4.18. The van der Waals surface area contributed by atoms with Crippen molar-refractivity contribution in [2.75, 3.05) is 30.9 Å². The van der Waals surface area contributed by atoms with Crippen molar-refractivity contribution >= 4 is 17.5 Å². The summed E-state index contributed by atoms with van der Waals surface area (Å²) in [7, 11) is 1.61. The second-order valence-electron chi connectivity index (χ2n) is 5.10. The minimum absolute atomic E-state index is 0.197. The molecular formula is C16H17F3N4O2. The normalized spacial score (nSPS) is 11.2. The third-order valence-corrected chi connectivity index (χ3v) is 3.19. The molecule has 134 valence electrons. The number of benzene rings is 1. The fourth-order valence-electron chi connectivity index (χ4n) is 1.90. The van der Waals surface area contributed by atoms with Crippen LogP contribution in [0.5, 0.6) is 0 Å². The highest BCUT2D eigenvalue weighted by Crippen LogP contribution is 2.29. The molecule has 0 saturated heterocycles. The number of carbonyl (C=O) groups excluding carboxylic acids is 1. The summed E-state index contributed by atoms with van der Waals surface area (Å²) < 4.78 is 42.4. The van der Waals surface area contributed by atoms with Crippen molar-refractivity contribution in [2.24, 2.45) is 0 Å². The van der Waals surface area contributed by atoms with Gasteiger partial charge < -0.3 is 15.4 Å². The SMILES string of the molecule is COCCCNc1ncc(C(=O)Nc2ccc(C(F)(F)F)cc2)cn1. The number of hydrogen-bond donors (Lipinski definition) is 2. The van der Waals surface area contributed by atoms with E-state index in [4.69, 9.17) is 4.74 Å². The van der Waals surface area contributed by atoms with Crippen LogP contribution in [0.1, 0.15) is 22.3 Å². The lowest BCUT2D eigenvalue weighted by molar-refractivity contribution is -0.137. The van der Waals surface area contributed by atoms with E-state index in [1.54, 1.807) is 7.11 Å². The average Bonchev–Trinajstić information content (AvgIpc) is 2.59. The Balaban J connectivity index is 1.92. The molecule has 0 aliphatic rings. The van der Waals surface area contributed by atoms with Crippen molar-refractivity contribution in [1.82, 2.24) is 9.97 Å². The number of carbonyl (C=O) groups is 1. The molecule has 0 radical (unpaired) electrons. The number of ether oxygens (including phenoxy) is 1. The van der Waals surface area contributed by atoms with Gasteiger partial charge in [-0.15, -0.1) is 0 Å². The molecule has 0 spiro atoms. The minimum atomic E-state index is -4.41. The van der Waals surface area contributed by atoms with Gasteiger partial charge in [0.1, 0.15) is 0 Å². The van der Waals surface area contributed by atoms with Crippen molar-refractivity contribution in [1.29, 1.82) is 0 Å². The summed E-state index contributed by atoms with van der Waals surface area (Å²) in [5.74, 6) is -0.132. The number of rotatable bonds is 7. The second kappa shape index (κ2) is 8.43. The van der Waals surface area contributed by atoms with Crippen molar-refractivity contribution in [3.63, 3.8) is 0 Å². The van der Waals surface area contributed by atoms with Crippen LogP contribution in [-0.2, 0) is 10.9 Å². The molecule has 1 aromatic heterocycles. The number of anilines is 2. The van der Waals surface area contributed by atoms with Crippen LogP contribution in [0.3, 0.4) is 0 Å². The van der Waals surface area contributed by atoms with Gasteiger partial charge in [0.2, 0.25) is 5.95 Å². The maximum Gasteiger partial charge on any atom is 0.416 e. The Bertz CT molecular complexity index is 688. The first-order chi connectivity index (χ1) is 11.9. The lowest BCUT2D eigenvalue weighted by Gasteiger charge is -2.09. The second-order valence-corrected chi connectivity index (χ2v) is 5.10. The molecule has 1 aromatic carbocycles. The van der Waals surface area contributed by atoms with Crippen LogP contribution in [-0.4, -0.2) is 36.1 Å². The number of nitrogens with one attached hydrogen (secondary N) is 2. The number of aromatic nitrogens is 2. The standard InChI is InChI=1S/C16H17F3N4O2/c1-25-8-2-7-20-15-21-9-11(10-22-15)14(24)23-13-5-3-12(4-6-13)16(17,18)19/h3-6,9-10H,2,7-8H2,1H3,(H,23,24)(H,20,21,22). The zero-order valence-corrected chi connectivity index (χ0v) is 13.4. The fourth-order valence-corrected chi connectivity index (χ4v) is 1.90. The van der Waals surface area contributed by atoms with Crippen molar-refractivity contribution in [3.8, 4) is 0 Å². The summed E-state index contributed by atoms with van der Waals surface area (Å²) in [6.07, 6.45) is -0.950. The Morgan fingerprint density at radius 3 is 2.36 bits per heavy atom. The van der Waals surface area contributed by atoms with Crippen molar-refractivity contribution in [3.05, 3.63) is 47.8 Å². The summed E-state index contributed by atoms with van der Waals surface area (Å²) >= 11 is 0. The van der Waals surface area contributed by atoms with Gasteiger partial charge in [-0.1, -0.05) is 0 Å². The predicted octanol–water partition coefficient (Wildman–Crippen LogP) is 3.20. The van der Waals surface area contributed by atoms with E-state index in [9.17, 15) is 18.0 Å². The maximum atomic E-state index is 12.5. The van der Waals surface area contributed by atoms with Gasteiger partial charge in [-0.2, -0.15) is 13.2 Å². The van der Waals surface area contributed by atoms with E-state index in [2.05, 4.69) is 20.6 Å². The Kier molecular flexibility index (Phi) is 6.29. The van der Waals surface area contributed by atoms with Crippen molar-refractivity contribution < 1.29 is 22.7 Å². The highest BCUT2D eigenvalue weighted by molar-refractivity contribution is 6.03. The maximum absolute atomic E-state index is 12.5. The molecule has 2 N–H and O–H groups in total. The quantitative estimate of drug-likeness (QED) is 0.747. The number of methoxy groups -OCH3 is 1. The molecule has 0 bridgehead atoms. The minimum Gasteiger partial charge on any atom is -0.385 e. The molecule has 25 heavy (non-hydrogen) atoms. The van der Waals surface area contributed by atoms with E-state index in [-0.39, 0.29) is 11.3 Å². The Labute approximate surface area is 142 Å². The van der Waals surface area contributed by atoms with E-state index < -0.39 is 17.6 Å². The van der Waals surface area contributed by atoms with Crippen LogP contribution in [0.15, 0.2) is 36.7 Å². The van der Waals surface area contributed by atoms with E-state index in [1.807, 2.05) is 0 Å². The first kappa shape index (κ1) is 18.7. The topological polar surface area (TPSA) is 76.1 Å². The van der Waals surface area contributed by atoms with Crippen LogP contribution in [0.25, 0.3) is 0 Å². The van der Waals surface area contributed by atoms with E-state index in [0.717, 1.165) is 18.6 Å². The van der Waals surface area contributed by atoms with Gasteiger partial charge in [0.15, 0.2) is 0 Å². The smallest absolute Gasteiger partial charge is 0.385 e. The zero-order chi connectivity index (χ0) is 18.3. The Morgan fingerprint density at radius 1 is 1.16 bits per heavy atom. The molecule has 0 aliphatic heterocycles. The molecule has 0 saturated carbocycles. The monoisotopic (exact) mass is 354 g/mol. The molecule has 0 aliphatic carbocycles. The molecule has 2 rings (SSSR count). The van der Waals surface area contributed by atoms with E-state index in [1.165, 1.54) is 24.5 Å². The highest BCUT2D eigenvalue weighted by Gasteiger charge is 2.29. The summed E-state index contributed by atoms with van der Waals surface area (Å²) in [5.41, 5.74) is -0.333. The third kappa shape index (κ3) is 5.71. The van der Waals surface area contributed by atoms with Gasteiger partial charge in [0, 0.05) is 38.3 Å². The average molecular weight is 354 g/mol. The number of alkyl halides is 3. The lowest BCUT2D eigenvalue weighted by Crippen LogP contribution is -2.14.